The Kier molecular flexibility index (Phi) is 5.06. The van der Waals surface area contributed by atoms with Crippen LogP contribution in [0.15, 0.2) is 73.4 Å². The number of azo groups is 1. The van der Waals surface area contributed by atoms with E-state index in [-0.39, 0.29) is 11.2 Å². The number of thiazole rings is 1. The quantitative estimate of drug-likeness (QED) is 0.379. The molecule has 0 saturated carbocycles. The highest BCUT2D eigenvalue weighted by Crippen LogP contribution is 2.25. The minimum absolute atomic E-state index is 0.270. The molecule has 6 nitrogen and oxygen atoms in total. The molecule has 0 aliphatic carbocycles. The SMILES string of the molecule is Cc1ccc(-c2csc(-n3[nH]c(C)c(N=Nc4cccc(Br)c4)c3=O)n2)cc1. The van der Waals surface area contributed by atoms with Crippen molar-refractivity contribution in [3.05, 3.63) is 80.0 Å². The first kappa shape index (κ1) is 18.5. The van der Waals surface area contributed by atoms with Crippen LogP contribution in [0.25, 0.3) is 16.4 Å². The van der Waals surface area contributed by atoms with Gasteiger partial charge in [-0.25, -0.2) is 4.98 Å². The van der Waals surface area contributed by atoms with Gasteiger partial charge in [0.1, 0.15) is 0 Å². The van der Waals surface area contributed by atoms with Gasteiger partial charge in [-0.1, -0.05) is 51.8 Å². The van der Waals surface area contributed by atoms with Crippen LogP contribution in [-0.4, -0.2) is 14.8 Å². The summed E-state index contributed by atoms with van der Waals surface area (Å²) in [7, 11) is 0. The van der Waals surface area contributed by atoms with Crippen molar-refractivity contribution in [2.45, 2.75) is 13.8 Å². The summed E-state index contributed by atoms with van der Waals surface area (Å²) >= 11 is 4.79. The third-order valence-electron chi connectivity index (χ3n) is 4.14. The molecule has 0 radical (unpaired) electrons. The van der Waals surface area contributed by atoms with E-state index in [0.29, 0.717) is 16.5 Å². The summed E-state index contributed by atoms with van der Waals surface area (Å²) in [6, 6.07) is 15.6. The maximum atomic E-state index is 12.8. The Bertz CT molecular complexity index is 1220. The fraction of sp³-hybridized carbons (Fsp3) is 0.100. The number of hydrogen-bond donors (Lipinski definition) is 1. The van der Waals surface area contributed by atoms with Gasteiger partial charge in [-0.15, -0.1) is 16.5 Å². The van der Waals surface area contributed by atoms with Gasteiger partial charge >= 0.3 is 5.56 Å². The summed E-state index contributed by atoms with van der Waals surface area (Å²) in [6.07, 6.45) is 0. The van der Waals surface area contributed by atoms with Crippen LogP contribution in [0, 0.1) is 13.8 Å². The van der Waals surface area contributed by atoms with Crippen LogP contribution in [0.2, 0.25) is 0 Å². The van der Waals surface area contributed by atoms with Crippen LogP contribution < -0.4 is 5.56 Å². The molecule has 0 fully saturated rings. The molecule has 4 rings (SSSR count). The van der Waals surface area contributed by atoms with Gasteiger partial charge < -0.3 is 0 Å². The molecule has 0 atom stereocenters. The summed E-state index contributed by atoms with van der Waals surface area (Å²) < 4.78 is 2.31. The third-order valence-corrected chi connectivity index (χ3v) is 5.46. The van der Waals surface area contributed by atoms with Crippen LogP contribution >= 0.6 is 27.3 Å². The molecular weight excluding hydrogens is 438 g/mol. The minimum atomic E-state index is -0.277. The summed E-state index contributed by atoms with van der Waals surface area (Å²) in [5, 5.41) is 13.9. The number of aryl methyl sites for hydroxylation is 2. The van der Waals surface area contributed by atoms with Crippen molar-refractivity contribution in [1.82, 2.24) is 14.8 Å². The number of nitrogens with one attached hydrogen (secondary N) is 1. The number of rotatable bonds is 4. The van der Waals surface area contributed by atoms with Crippen LogP contribution in [0.4, 0.5) is 11.4 Å². The lowest BCUT2D eigenvalue weighted by atomic mass is 10.1. The number of halogens is 1. The molecule has 140 valence electrons. The van der Waals surface area contributed by atoms with E-state index in [1.54, 1.807) is 6.92 Å². The van der Waals surface area contributed by atoms with Crippen molar-refractivity contribution in [2.24, 2.45) is 10.2 Å². The van der Waals surface area contributed by atoms with E-state index in [0.717, 1.165) is 15.7 Å². The molecule has 1 N–H and O–H groups in total. The number of hydrogen-bond acceptors (Lipinski definition) is 5. The lowest BCUT2D eigenvalue weighted by molar-refractivity contribution is 0.827. The average molecular weight is 454 g/mol. The highest BCUT2D eigenvalue weighted by atomic mass is 79.9. The second kappa shape index (κ2) is 7.65. The standard InChI is InChI=1S/C20H16BrN5OS/c1-12-6-8-14(9-7-12)17-11-28-20(22-17)26-19(27)18(13(2)25-26)24-23-16-5-3-4-15(21)10-16/h3-11,25H,1-2H3. The van der Waals surface area contributed by atoms with Crippen LogP contribution in [0.3, 0.4) is 0 Å². The molecule has 0 saturated heterocycles. The van der Waals surface area contributed by atoms with Gasteiger partial charge in [-0.2, -0.15) is 9.80 Å². The second-order valence-electron chi connectivity index (χ2n) is 6.29. The summed E-state index contributed by atoms with van der Waals surface area (Å²) in [4.78, 5) is 17.4. The number of aromatic nitrogens is 3. The van der Waals surface area contributed by atoms with Crippen LogP contribution in [-0.2, 0) is 0 Å². The second-order valence-corrected chi connectivity index (χ2v) is 8.04. The first-order valence-electron chi connectivity index (χ1n) is 8.53. The molecule has 0 amide bonds. The van der Waals surface area contributed by atoms with Gasteiger partial charge in [0.25, 0.3) is 0 Å². The van der Waals surface area contributed by atoms with E-state index in [9.17, 15) is 4.79 Å². The molecule has 0 aliphatic rings. The van der Waals surface area contributed by atoms with Crippen LogP contribution in [0.1, 0.15) is 11.3 Å². The van der Waals surface area contributed by atoms with Crippen molar-refractivity contribution in [3.63, 3.8) is 0 Å². The Morgan fingerprint density at radius 1 is 1.11 bits per heavy atom. The third kappa shape index (κ3) is 3.74. The zero-order valence-corrected chi connectivity index (χ0v) is 17.6. The molecule has 2 aromatic carbocycles. The molecule has 0 unspecified atom stereocenters. The Labute approximate surface area is 173 Å². The van der Waals surface area contributed by atoms with E-state index < -0.39 is 0 Å². The highest BCUT2D eigenvalue weighted by molar-refractivity contribution is 9.10. The lowest BCUT2D eigenvalue weighted by Gasteiger charge is -1.97. The predicted octanol–water partition coefficient (Wildman–Crippen LogP) is 6.08. The van der Waals surface area contributed by atoms with E-state index in [2.05, 4.69) is 36.2 Å². The number of benzene rings is 2. The van der Waals surface area contributed by atoms with Gasteiger partial charge in [0.2, 0.25) is 5.13 Å². The van der Waals surface area contributed by atoms with Gasteiger partial charge in [-0.3, -0.25) is 9.89 Å². The maximum Gasteiger partial charge on any atom is 0.301 e. The van der Waals surface area contributed by atoms with E-state index in [1.807, 2.05) is 60.8 Å². The maximum absolute atomic E-state index is 12.8. The zero-order chi connectivity index (χ0) is 19.7. The summed E-state index contributed by atoms with van der Waals surface area (Å²) in [5.74, 6) is 0. The zero-order valence-electron chi connectivity index (χ0n) is 15.2. The van der Waals surface area contributed by atoms with Crippen molar-refractivity contribution < 1.29 is 0 Å². The summed E-state index contributed by atoms with van der Waals surface area (Å²) in [5.41, 5.74) is 4.33. The van der Waals surface area contributed by atoms with Crippen molar-refractivity contribution >= 4 is 38.6 Å². The van der Waals surface area contributed by atoms with Gasteiger partial charge in [-0.05, 0) is 32.0 Å². The largest absolute Gasteiger partial charge is 0.301 e. The molecule has 8 heteroatoms. The highest BCUT2D eigenvalue weighted by Gasteiger charge is 2.15. The minimum Gasteiger partial charge on any atom is -0.291 e. The number of H-pyrrole nitrogens is 1. The molecule has 2 heterocycles. The van der Waals surface area contributed by atoms with E-state index >= 15 is 0 Å². The first-order valence-corrected chi connectivity index (χ1v) is 10.2. The predicted molar refractivity (Wildman–Crippen MR) is 115 cm³/mol. The Balaban J connectivity index is 1.66. The Morgan fingerprint density at radius 2 is 1.89 bits per heavy atom. The fourth-order valence-electron chi connectivity index (χ4n) is 2.66. The Hall–Kier alpha value is -2.84. The number of aromatic amines is 1. The molecule has 28 heavy (non-hydrogen) atoms. The average Bonchev–Trinajstić information content (AvgIpc) is 3.26. The van der Waals surface area contributed by atoms with Crippen molar-refractivity contribution in [1.29, 1.82) is 0 Å². The van der Waals surface area contributed by atoms with Gasteiger partial charge in [0, 0.05) is 15.4 Å². The molecule has 4 aromatic rings. The molecule has 2 aromatic heterocycles. The normalized spacial score (nSPS) is 11.4. The topological polar surface area (TPSA) is 75.4 Å². The van der Waals surface area contributed by atoms with Crippen LogP contribution in [0.5, 0.6) is 0 Å². The monoisotopic (exact) mass is 453 g/mol. The van der Waals surface area contributed by atoms with Gasteiger partial charge in [0.15, 0.2) is 5.69 Å². The molecule has 0 bridgehead atoms. The molecule has 0 spiro atoms. The smallest absolute Gasteiger partial charge is 0.291 e. The van der Waals surface area contributed by atoms with Crippen molar-refractivity contribution in [3.8, 4) is 16.4 Å². The lowest BCUT2D eigenvalue weighted by Crippen LogP contribution is -2.13. The molecule has 0 aliphatic heterocycles. The van der Waals surface area contributed by atoms with E-state index in [4.69, 9.17) is 0 Å². The molecular formula is C20H16BrN5OS. The number of nitrogens with zero attached hydrogens (tertiary/aromatic N) is 4. The Morgan fingerprint density at radius 3 is 2.64 bits per heavy atom. The van der Waals surface area contributed by atoms with Gasteiger partial charge in [0.05, 0.1) is 17.1 Å². The first-order chi connectivity index (χ1) is 13.5. The van der Waals surface area contributed by atoms with Crippen molar-refractivity contribution in [2.75, 3.05) is 0 Å². The fourth-order valence-corrected chi connectivity index (χ4v) is 3.84. The summed E-state index contributed by atoms with van der Waals surface area (Å²) in [6.45, 7) is 3.84. The van der Waals surface area contributed by atoms with E-state index in [1.165, 1.54) is 21.6 Å².